The van der Waals surface area contributed by atoms with Gasteiger partial charge in [-0.3, -0.25) is 13.7 Å². The van der Waals surface area contributed by atoms with Crippen LogP contribution in [0.4, 0.5) is 73.6 Å². The SMILES string of the molecule is CCNc1nc(Nc2ccccc2)nc(Nc2ccc(-c3c(/N=N/c4ccc5cccc(S(=O)(=O)O)c5c4)sc(N=Nc4c(Nc5ccc(S(=O)(=O)O)cc5)nc(Nc5ccc(S(=O)(=O)O)cc5)c(C#N)c4C)c3C#N)cc2)n1. The molecule has 0 amide bonds. The molecule has 0 saturated carbocycles. The van der Waals surface area contributed by atoms with E-state index in [0.29, 0.717) is 29.1 Å². The van der Waals surface area contributed by atoms with E-state index in [-0.39, 0.29) is 93.7 Å². The summed E-state index contributed by atoms with van der Waals surface area (Å²) in [4.78, 5) is 17.0. The van der Waals surface area contributed by atoms with Gasteiger partial charge in [-0.25, -0.2) is 4.98 Å². The van der Waals surface area contributed by atoms with Gasteiger partial charge < -0.3 is 26.6 Å². The monoisotopic (exact) mass is 1130 g/mol. The zero-order valence-corrected chi connectivity index (χ0v) is 44.1. The van der Waals surface area contributed by atoms with Crippen LogP contribution in [0.15, 0.2) is 175 Å². The molecule has 0 unspecified atom stereocenters. The van der Waals surface area contributed by atoms with E-state index in [1.807, 2.05) is 37.3 Å². The van der Waals surface area contributed by atoms with Gasteiger partial charge in [-0.1, -0.05) is 59.9 Å². The van der Waals surface area contributed by atoms with E-state index < -0.39 is 35.2 Å². The number of nitriles is 2. The van der Waals surface area contributed by atoms with Gasteiger partial charge in [0.1, 0.15) is 33.3 Å². The maximum Gasteiger partial charge on any atom is 0.295 e. The Labute approximate surface area is 454 Å². The lowest BCUT2D eigenvalue weighted by Gasteiger charge is -2.16. The summed E-state index contributed by atoms with van der Waals surface area (Å²) in [5, 5.41) is 55.8. The van der Waals surface area contributed by atoms with E-state index in [1.165, 1.54) is 42.5 Å². The second kappa shape index (κ2) is 22.5. The van der Waals surface area contributed by atoms with Gasteiger partial charge in [-0.2, -0.15) is 50.7 Å². The molecule has 6 aromatic carbocycles. The molecule has 3 heterocycles. The van der Waals surface area contributed by atoms with E-state index in [9.17, 15) is 49.4 Å². The summed E-state index contributed by atoms with van der Waals surface area (Å²) in [6.45, 7) is 3.98. The van der Waals surface area contributed by atoms with Crippen molar-refractivity contribution in [3.8, 4) is 23.3 Å². The van der Waals surface area contributed by atoms with E-state index in [2.05, 4.69) is 79.1 Å². The van der Waals surface area contributed by atoms with E-state index in [1.54, 1.807) is 49.4 Å². The predicted molar refractivity (Wildman–Crippen MR) is 296 cm³/mol. The number of pyridine rings is 1. The molecule has 0 spiro atoms. The summed E-state index contributed by atoms with van der Waals surface area (Å²) >= 11 is 0.913. The quantitative estimate of drug-likeness (QED) is 0.0292. The van der Waals surface area contributed by atoms with Crippen molar-refractivity contribution >= 4 is 126 Å². The van der Waals surface area contributed by atoms with Crippen LogP contribution >= 0.6 is 11.3 Å². The molecule has 0 aliphatic rings. The van der Waals surface area contributed by atoms with Gasteiger partial charge in [0.05, 0.1) is 21.0 Å². The van der Waals surface area contributed by atoms with Crippen LogP contribution in [0.3, 0.4) is 0 Å². The first-order valence-electron chi connectivity index (χ1n) is 23.0. The van der Waals surface area contributed by atoms with Crippen molar-refractivity contribution in [1.82, 2.24) is 19.9 Å². The minimum absolute atomic E-state index is 0.00647. The number of para-hydroxylation sites is 1. The molecule has 0 aliphatic heterocycles. The number of anilines is 9. The summed E-state index contributed by atoms with van der Waals surface area (Å²) in [7, 11) is -13.7. The summed E-state index contributed by atoms with van der Waals surface area (Å²) in [5.41, 5.74) is 2.87. The Morgan fingerprint density at radius 2 is 1.09 bits per heavy atom. The Hall–Kier alpha value is -9.65. The van der Waals surface area contributed by atoms with E-state index in [0.717, 1.165) is 41.3 Å². The minimum atomic E-state index is -4.63. The first-order chi connectivity index (χ1) is 37.8. The minimum Gasteiger partial charge on any atom is -0.354 e. The number of aromatic nitrogens is 4. The fourth-order valence-corrected chi connectivity index (χ4v) is 10.3. The lowest BCUT2D eigenvalue weighted by atomic mass is 10.0. The highest BCUT2D eigenvalue weighted by Crippen LogP contribution is 2.49. The Balaban J connectivity index is 1.14. The Bertz CT molecular complexity index is 4330. The van der Waals surface area contributed by atoms with Crippen molar-refractivity contribution in [3.05, 3.63) is 156 Å². The molecule has 9 rings (SSSR count). The topological polar surface area (TPSA) is 372 Å². The van der Waals surface area contributed by atoms with Crippen molar-refractivity contribution in [1.29, 1.82) is 10.5 Å². The summed E-state index contributed by atoms with van der Waals surface area (Å²) in [6.07, 6.45) is 0. The van der Waals surface area contributed by atoms with E-state index in [4.69, 9.17) is 0 Å². The number of azo groups is 2. The number of nitrogens with zero attached hydrogens (tertiary/aromatic N) is 10. The summed E-state index contributed by atoms with van der Waals surface area (Å²) in [5.74, 6) is 0.713. The smallest absolute Gasteiger partial charge is 0.295 e. The highest BCUT2D eigenvalue weighted by molar-refractivity contribution is 7.86. The predicted octanol–water partition coefficient (Wildman–Crippen LogP) is 12.2. The van der Waals surface area contributed by atoms with Crippen LogP contribution in [0.2, 0.25) is 0 Å². The second-order valence-corrected chi connectivity index (χ2v) is 21.9. The number of rotatable bonds is 18. The van der Waals surface area contributed by atoms with Gasteiger partial charge >= 0.3 is 0 Å². The Morgan fingerprint density at radius 1 is 0.544 bits per heavy atom. The first kappa shape index (κ1) is 54.2. The van der Waals surface area contributed by atoms with Gasteiger partial charge in [0, 0.05) is 45.8 Å². The van der Waals surface area contributed by atoms with Crippen LogP contribution in [0, 0.1) is 29.6 Å². The van der Waals surface area contributed by atoms with Gasteiger partial charge in [0.2, 0.25) is 17.8 Å². The van der Waals surface area contributed by atoms with Crippen LogP contribution in [-0.4, -0.2) is 65.4 Å². The third-order valence-corrected chi connectivity index (χ3v) is 15.0. The number of thiophene rings is 1. The van der Waals surface area contributed by atoms with Crippen LogP contribution < -0.4 is 26.6 Å². The fraction of sp³-hybridized carbons (Fsp3) is 0.0588. The van der Waals surface area contributed by atoms with Crippen LogP contribution in [0.1, 0.15) is 23.6 Å². The molecular weight excluding hydrogens is 1090 g/mol. The van der Waals surface area contributed by atoms with Crippen LogP contribution in [0.25, 0.3) is 21.9 Å². The molecule has 3 aromatic heterocycles. The van der Waals surface area contributed by atoms with Gasteiger partial charge in [0.25, 0.3) is 30.4 Å². The number of benzene rings is 6. The molecule has 79 heavy (non-hydrogen) atoms. The molecule has 0 aliphatic carbocycles. The largest absolute Gasteiger partial charge is 0.354 e. The molecule has 0 fully saturated rings. The van der Waals surface area contributed by atoms with Gasteiger partial charge in [0.15, 0.2) is 16.6 Å². The maximum atomic E-state index is 12.3. The van der Waals surface area contributed by atoms with Crippen molar-refractivity contribution in [3.63, 3.8) is 0 Å². The third-order valence-electron chi connectivity index (χ3n) is 11.4. The molecule has 0 bridgehead atoms. The van der Waals surface area contributed by atoms with Crippen molar-refractivity contribution in [2.75, 3.05) is 33.1 Å². The molecule has 28 heteroatoms. The van der Waals surface area contributed by atoms with Crippen molar-refractivity contribution in [2.24, 2.45) is 20.5 Å². The zero-order valence-electron chi connectivity index (χ0n) is 40.9. The normalized spacial score (nSPS) is 11.8. The summed E-state index contributed by atoms with van der Waals surface area (Å²) in [6, 6.07) is 39.4. The molecule has 9 aromatic rings. The third kappa shape index (κ3) is 12.6. The number of nitrogens with one attached hydrogen (secondary N) is 5. The Kier molecular flexibility index (Phi) is 15.4. The molecular formula is C51H39N15O9S4. The first-order valence-corrected chi connectivity index (χ1v) is 28.2. The molecule has 24 nitrogen and oxygen atoms in total. The van der Waals surface area contributed by atoms with E-state index >= 15 is 0 Å². The molecule has 8 N–H and O–H groups in total. The highest BCUT2D eigenvalue weighted by Gasteiger charge is 2.24. The average molecular weight is 1130 g/mol. The van der Waals surface area contributed by atoms with Gasteiger partial charge in [-0.05, 0) is 116 Å². The standard InChI is InChI=1S/C51H39N15O9S4/c1-3-54-49-60-50(57-32-9-5-4-6-10-32)62-51(61-49)58-35-15-13-31(14-16-35)43-41(28-53)47(76-48(43)66-63-36-17-12-30-8-7-11-42(39(30)26-36)79(73,74)75)65-64-44-29(2)40(27-52)45(55-33-18-22-37(23-19-33)77(67,68)69)59-46(44)56-34-20-24-38(25-21-34)78(70,71)72/h4-26H,3H2,1-2H3,(H2,55,56,59)(H,67,68,69)(H,70,71,72)(H,73,74,75)(H3,54,57,58,60,61,62)/b65-64?,66-63+. The number of hydrogen-bond acceptors (Lipinski definition) is 22. The van der Waals surface area contributed by atoms with Crippen molar-refractivity contribution < 1.29 is 38.9 Å². The van der Waals surface area contributed by atoms with Crippen LogP contribution in [0.5, 0.6) is 0 Å². The Morgan fingerprint density at radius 3 is 1.66 bits per heavy atom. The lowest BCUT2D eigenvalue weighted by molar-refractivity contribution is 0.481. The van der Waals surface area contributed by atoms with Gasteiger partial charge in [-0.15, -0.1) is 20.5 Å². The number of fused-ring (bicyclic) bond motifs is 1. The molecule has 0 radical (unpaired) electrons. The molecule has 0 atom stereocenters. The number of hydrogen-bond donors (Lipinski definition) is 8. The molecule has 396 valence electrons. The maximum absolute atomic E-state index is 12.3. The molecule has 0 saturated heterocycles. The zero-order chi connectivity index (χ0) is 56.1. The fourth-order valence-electron chi connectivity index (χ4n) is 7.69. The van der Waals surface area contributed by atoms with Crippen molar-refractivity contribution in [2.45, 2.75) is 28.5 Å². The highest BCUT2D eigenvalue weighted by atomic mass is 32.2. The lowest BCUT2D eigenvalue weighted by Crippen LogP contribution is -2.09. The average Bonchev–Trinajstić information content (AvgIpc) is 3.83. The van der Waals surface area contributed by atoms with Crippen LogP contribution in [-0.2, 0) is 30.4 Å². The summed E-state index contributed by atoms with van der Waals surface area (Å²) < 4.78 is 101. The second-order valence-electron chi connectivity index (χ2n) is 16.7.